The first-order valence-corrected chi connectivity index (χ1v) is 9.65. The lowest BCUT2D eigenvalue weighted by Gasteiger charge is -2.10. The molecule has 4 nitrogen and oxygen atoms in total. The number of nitrogens with zero attached hydrogens (tertiary/aromatic N) is 2. The molecule has 0 unspecified atom stereocenters. The minimum Gasteiger partial charge on any atom is -0.306 e. The van der Waals surface area contributed by atoms with Gasteiger partial charge >= 0.3 is 0 Å². The molecule has 134 valence electrons. The maximum atomic E-state index is 12.6. The first kappa shape index (κ1) is 17.5. The minimum absolute atomic E-state index is 0.162. The summed E-state index contributed by atoms with van der Waals surface area (Å²) in [7, 11) is 0. The smallest absolute Gasteiger partial charge is 0.266 e. The van der Waals surface area contributed by atoms with Gasteiger partial charge in [-0.1, -0.05) is 54.1 Å². The van der Waals surface area contributed by atoms with Crippen LogP contribution in [0.1, 0.15) is 15.2 Å². The number of hydrogen-bond donors (Lipinski definition) is 1. The first-order chi connectivity index (χ1) is 13.1. The predicted octanol–water partition coefficient (Wildman–Crippen LogP) is 5.81. The number of benzene rings is 2. The highest BCUT2D eigenvalue weighted by Gasteiger charge is 2.17. The van der Waals surface area contributed by atoms with Gasteiger partial charge in [0.05, 0.1) is 21.3 Å². The topological polar surface area (TPSA) is 46.9 Å². The van der Waals surface area contributed by atoms with Crippen molar-refractivity contribution in [3.8, 4) is 16.9 Å². The molecule has 0 aliphatic heterocycles. The number of amides is 1. The molecule has 0 saturated carbocycles. The molecule has 0 aliphatic carbocycles. The van der Waals surface area contributed by atoms with Crippen LogP contribution < -0.4 is 5.32 Å². The standard InChI is InChI=1S/C21H16ClN3OS/c1-14-7-2-5-10-18(14)25-20(23-21(26)19-11-6-12-27-19)13-17(24-25)15-8-3-4-9-16(15)22/h2-13H,1H3,(H,23,26). The summed E-state index contributed by atoms with van der Waals surface area (Å²) in [5, 5.41) is 10.2. The SMILES string of the molecule is Cc1ccccc1-n1nc(-c2ccccc2Cl)cc1NC(=O)c1cccs1. The Bertz CT molecular complexity index is 1100. The molecule has 0 atom stereocenters. The van der Waals surface area contributed by atoms with Gasteiger partial charge in [0.15, 0.2) is 0 Å². The van der Waals surface area contributed by atoms with Crippen LogP contribution in [0.15, 0.2) is 72.1 Å². The van der Waals surface area contributed by atoms with Crippen molar-refractivity contribution in [2.75, 3.05) is 5.32 Å². The van der Waals surface area contributed by atoms with Crippen molar-refractivity contribution < 1.29 is 4.79 Å². The average Bonchev–Trinajstić information content (AvgIpc) is 3.33. The van der Waals surface area contributed by atoms with Gasteiger partial charge in [-0.15, -0.1) is 11.3 Å². The third-order valence-electron chi connectivity index (χ3n) is 4.19. The van der Waals surface area contributed by atoms with Gasteiger partial charge in [-0.2, -0.15) is 5.10 Å². The Morgan fingerprint density at radius 3 is 2.59 bits per heavy atom. The van der Waals surface area contributed by atoms with Crippen molar-refractivity contribution >= 4 is 34.7 Å². The van der Waals surface area contributed by atoms with Gasteiger partial charge < -0.3 is 5.32 Å². The fraction of sp³-hybridized carbons (Fsp3) is 0.0476. The monoisotopic (exact) mass is 393 g/mol. The molecular weight excluding hydrogens is 378 g/mol. The van der Waals surface area contributed by atoms with Crippen LogP contribution in [0.5, 0.6) is 0 Å². The molecule has 0 radical (unpaired) electrons. The van der Waals surface area contributed by atoms with E-state index in [-0.39, 0.29) is 5.91 Å². The van der Waals surface area contributed by atoms with Crippen molar-refractivity contribution in [1.29, 1.82) is 0 Å². The van der Waals surface area contributed by atoms with Crippen LogP contribution in [-0.4, -0.2) is 15.7 Å². The van der Waals surface area contributed by atoms with Gasteiger partial charge in [0, 0.05) is 11.6 Å². The molecule has 2 heterocycles. The molecule has 0 fully saturated rings. The largest absolute Gasteiger partial charge is 0.306 e. The summed E-state index contributed by atoms with van der Waals surface area (Å²) < 4.78 is 1.75. The summed E-state index contributed by atoms with van der Waals surface area (Å²) in [6.07, 6.45) is 0. The van der Waals surface area contributed by atoms with Gasteiger partial charge in [0.2, 0.25) is 0 Å². The predicted molar refractivity (Wildman–Crippen MR) is 111 cm³/mol. The van der Waals surface area contributed by atoms with Crippen molar-refractivity contribution in [2.24, 2.45) is 0 Å². The van der Waals surface area contributed by atoms with Gasteiger partial charge in [-0.05, 0) is 36.1 Å². The fourth-order valence-corrected chi connectivity index (χ4v) is 3.69. The Morgan fingerprint density at radius 2 is 1.85 bits per heavy atom. The number of rotatable bonds is 4. The van der Waals surface area contributed by atoms with Crippen molar-refractivity contribution in [3.05, 3.63) is 87.6 Å². The maximum absolute atomic E-state index is 12.6. The van der Waals surface area contributed by atoms with Gasteiger partial charge in [0.1, 0.15) is 5.82 Å². The summed E-state index contributed by atoms with van der Waals surface area (Å²) in [5.41, 5.74) is 3.47. The van der Waals surface area contributed by atoms with E-state index in [1.807, 2.05) is 73.0 Å². The highest BCUT2D eigenvalue weighted by atomic mass is 35.5. The molecule has 6 heteroatoms. The molecule has 0 aliphatic rings. The number of halogens is 1. The molecule has 4 aromatic rings. The lowest BCUT2D eigenvalue weighted by atomic mass is 10.1. The van der Waals surface area contributed by atoms with Crippen LogP contribution in [-0.2, 0) is 0 Å². The molecule has 2 aromatic heterocycles. The Hall–Kier alpha value is -2.89. The van der Waals surface area contributed by atoms with Gasteiger partial charge in [-0.25, -0.2) is 4.68 Å². The lowest BCUT2D eigenvalue weighted by Crippen LogP contribution is -2.14. The molecule has 4 rings (SSSR count). The number of carbonyl (C=O) groups is 1. The van der Waals surface area contributed by atoms with Crippen LogP contribution in [0.4, 0.5) is 5.82 Å². The molecule has 0 bridgehead atoms. The summed E-state index contributed by atoms with van der Waals surface area (Å²) in [5.74, 6) is 0.433. The van der Waals surface area contributed by atoms with Crippen molar-refractivity contribution in [2.45, 2.75) is 6.92 Å². The number of hydrogen-bond acceptors (Lipinski definition) is 3. The minimum atomic E-state index is -0.162. The van der Waals surface area contributed by atoms with E-state index in [2.05, 4.69) is 5.32 Å². The summed E-state index contributed by atoms with van der Waals surface area (Å²) in [6.45, 7) is 2.01. The van der Waals surface area contributed by atoms with E-state index in [0.717, 1.165) is 16.8 Å². The summed E-state index contributed by atoms with van der Waals surface area (Å²) in [6, 6.07) is 20.9. The van der Waals surface area contributed by atoms with Crippen LogP contribution >= 0.6 is 22.9 Å². The molecule has 1 amide bonds. The van der Waals surface area contributed by atoms with E-state index in [4.69, 9.17) is 16.7 Å². The third kappa shape index (κ3) is 3.52. The zero-order valence-corrected chi connectivity index (χ0v) is 16.1. The van der Waals surface area contributed by atoms with Crippen LogP contribution in [0.25, 0.3) is 16.9 Å². The molecule has 0 spiro atoms. The first-order valence-electron chi connectivity index (χ1n) is 8.39. The van der Waals surface area contributed by atoms with Crippen molar-refractivity contribution in [3.63, 3.8) is 0 Å². The van der Waals surface area contributed by atoms with Gasteiger partial charge in [0.25, 0.3) is 5.91 Å². The Kier molecular flexibility index (Phi) is 4.79. The van der Waals surface area contributed by atoms with E-state index in [0.29, 0.717) is 21.4 Å². The van der Waals surface area contributed by atoms with E-state index in [9.17, 15) is 4.79 Å². The molecule has 27 heavy (non-hydrogen) atoms. The number of nitrogens with one attached hydrogen (secondary N) is 1. The Morgan fingerprint density at radius 1 is 1.07 bits per heavy atom. The summed E-state index contributed by atoms with van der Waals surface area (Å²) in [4.78, 5) is 13.2. The van der Waals surface area contributed by atoms with E-state index >= 15 is 0 Å². The second-order valence-corrected chi connectivity index (χ2v) is 7.38. The highest BCUT2D eigenvalue weighted by molar-refractivity contribution is 7.12. The molecule has 1 N–H and O–H groups in total. The quantitative estimate of drug-likeness (QED) is 0.475. The lowest BCUT2D eigenvalue weighted by molar-refractivity contribution is 0.103. The Labute approximate surface area is 166 Å². The van der Waals surface area contributed by atoms with Crippen LogP contribution in [0.3, 0.4) is 0 Å². The van der Waals surface area contributed by atoms with Gasteiger partial charge in [-0.3, -0.25) is 4.79 Å². The second-order valence-electron chi connectivity index (χ2n) is 6.02. The Balaban J connectivity index is 1.82. The number of para-hydroxylation sites is 1. The van der Waals surface area contributed by atoms with E-state index < -0.39 is 0 Å². The van der Waals surface area contributed by atoms with Crippen molar-refractivity contribution in [1.82, 2.24) is 9.78 Å². The van der Waals surface area contributed by atoms with Crippen LogP contribution in [0.2, 0.25) is 5.02 Å². The van der Waals surface area contributed by atoms with E-state index in [1.165, 1.54) is 11.3 Å². The molecule has 2 aromatic carbocycles. The second kappa shape index (κ2) is 7.39. The number of anilines is 1. The zero-order chi connectivity index (χ0) is 18.8. The molecular formula is C21H16ClN3OS. The average molecular weight is 394 g/mol. The van der Waals surface area contributed by atoms with E-state index in [1.54, 1.807) is 10.7 Å². The van der Waals surface area contributed by atoms with Crippen LogP contribution in [0, 0.1) is 6.92 Å². The number of aromatic nitrogens is 2. The highest BCUT2D eigenvalue weighted by Crippen LogP contribution is 2.31. The normalized spacial score (nSPS) is 10.7. The maximum Gasteiger partial charge on any atom is 0.266 e. The third-order valence-corrected chi connectivity index (χ3v) is 5.39. The zero-order valence-electron chi connectivity index (χ0n) is 14.5. The molecule has 0 saturated heterocycles. The number of carbonyl (C=O) groups excluding carboxylic acids is 1. The number of aryl methyl sites for hydroxylation is 1. The number of thiophene rings is 1. The fourth-order valence-electron chi connectivity index (χ4n) is 2.84. The summed E-state index contributed by atoms with van der Waals surface area (Å²) >= 11 is 7.75.